The molecule has 0 radical (unpaired) electrons. The summed E-state index contributed by atoms with van der Waals surface area (Å²) in [5, 5.41) is 10.8. The summed E-state index contributed by atoms with van der Waals surface area (Å²) in [4.78, 5) is 0. The van der Waals surface area contributed by atoms with E-state index in [4.69, 9.17) is 4.74 Å². The first-order valence-corrected chi connectivity index (χ1v) is 8.08. The van der Waals surface area contributed by atoms with Gasteiger partial charge in [0.25, 0.3) is 0 Å². The monoisotopic (exact) mass is 276 g/mol. The lowest BCUT2D eigenvalue weighted by Crippen LogP contribution is -2.38. The van der Waals surface area contributed by atoms with E-state index in [0.29, 0.717) is 12.5 Å². The number of benzene rings is 1. The van der Waals surface area contributed by atoms with Crippen molar-refractivity contribution in [3.8, 4) is 0 Å². The molecule has 2 nitrogen and oxygen atoms in total. The van der Waals surface area contributed by atoms with Gasteiger partial charge in [0.1, 0.15) is 6.10 Å². The Balaban J connectivity index is 2.23. The van der Waals surface area contributed by atoms with E-state index >= 15 is 0 Å². The lowest BCUT2D eigenvalue weighted by molar-refractivity contribution is -0.127. The molecule has 2 heteroatoms. The zero-order chi connectivity index (χ0) is 14.6. The highest BCUT2D eigenvalue weighted by Gasteiger charge is 2.36. The molecule has 1 aromatic rings. The molecule has 1 unspecified atom stereocenters. The van der Waals surface area contributed by atoms with Crippen LogP contribution in [-0.2, 0) is 4.74 Å². The van der Waals surface area contributed by atoms with Crippen molar-refractivity contribution in [1.82, 2.24) is 0 Å². The summed E-state index contributed by atoms with van der Waals surface area (Å²) in [7, 11) is 0. The normalized spacial score (nSPS) is 17.8. The molecule has 0 aliphatic heterocycles. The summed E-state index contributed by atoms with van der Waals surface area (Å²) in [6.07, 6.45) is 5.02. The second-order valence-electron chi connectivity index (χ2n) is 5.91. The summed E-state index contributed by atoms with van der Waals surface area (Å²) in [6.45, 7) is 6.83. The predicted octanol–water partition coefficient (Wildman–Crippen LogP) is 4.58. The van der Waals surface area contributed by atoms with Crippen molar-refractivity contribution < 1.29 is 9.84 Å². The molecule has 1 aliphatic carbocycles. The molecule has 1 N–H and O–H groups in total. The average Bonchev–Trinajstić information content (AvgIpc) is 2.43. The molecule has 0 aromatic heterocycles. The highest BCUT2D eigenvalue weighted by atomic mass is 16.5. The van der Waals surface area contributed by atoms with Gasteiger partial charge in [-0.2, -0.15) is 0 Å². The van der Waals surface area contributed by atoms with Crippen LogP contribution in [0.25, 0.3) is 0 Å². The maximum atomic E-state index is 10.8. The molecule has 0 heterocycles. The number of hydrogen-bond acceptors (Lipinski definition) is 2. The zero-order valence-electron chi connectivity index (χ0n) is 13.1. The van der Waals surface area contributed by atoms with Crippen LogP contribution in [0, 0.1) is 0 Å². The number of rotatable bonds is 7. The fourth-order valence-electron chi connectivity index (χ4n) is 3.24. The maximum absolute atomic E-state index is 10.8. The van der Waals surface area contributed by atoms with Crippen LogP contribution in [0.2, 0.25) is 0 Å². The van der Waals surface area contributed by atoms with Gasteiger partial charge < -0.3 is 9.84 Å². The lowest BCUT2D eigenvalue weighted by atomic mass is 9.78. The van der Waals surface area contributed by atoms with Gasteiger partial charge in [0.2, 0.25) is 0 Å². The third-order valence-electron chi connectivity index (χ3n) is 4.93. The van der Waals surface area contributed by atoms with Crippen LogP contribution < -0.4 is 0 Å². The second kappa shape index (κ2) is 6.73. The van der Waals surface area contributed by atoms with Crippen LogP contribution in [0.1, 0.15) is 76.0 Å². The minimum absolute atomic E-state index is 0.451. The Morgan fingerprint density at radius 3 is 2.45 bits per heavy atom. The second-order valence-corrected chi connectivity index (χ2v) is 5.91. The summed E-state index contributed by atoms with van der Waals surface area (Å²) >= 11 is 0. The molecule has 1 fully saturated rings. The zero-order valence-corrected chi connectivity index (χ0v) is 13.1. The molecule has 20 heavy (non-hydrogen) atoms. The molecule has 1 atom stereocenters. The molecular weight excluding hydrogens is 248 g/mol. The van der Waals surface area contributed by atoms with Crippen molar-refractivity contribution in [2.75, 3.05) is 6.61 Å². The first-order chi connectivity index (χ1) is 9.66. The van der Waals surface area contributed by atoms with Crippen molar-refractivity contribution >= 4 is 0 Å². The van der Waals surface area contributed by atoms with Gasteiger partial charge in [-0.15, -0.1) is 0 Å². The lowest BCUT2D eigenvalue weighted by Gasteiger charge is -2.37. The van der Waals surface area contributed by atoms with E-state index in [9.17, 15) is 5.11 Å². The largest absolute Gasteiger partial charge is 0.385 e. The Labute approximate surface area is 123 Å². The Kier molecular flexibility index (Phi) is 5.22. The fraction of sp³-hybridized carbons (Fsp3) is 0.667. The van der Waals surface area contributed by atoms with Crippen molar-refractivity contribution in [2.45, 2.75) is 70.5 Å². The van der Waals surface area contributed by atoms with E-state index in [1.54, 1.807) is 0 Å². The van der Waals surface area contributed by atoms with Gasteiger partial charge in [0.15, 0.2) is 0 Å². The van der Waals surface area contributed by atoms with E-state index in [1.165, 1.54) is 24.8 Å². The van der Waals surface area contributed by atoms with E-state index in [0.717, 1.165) is 18.4 Å². The van der Waals surface area contributed by atoms with E-state index in [1.807, 2.05) is 13.0 Å². The molecule has 0 spiro atoms. The Bertz CT molecular complexity index is 419. The van der Waals surface area contributed by atoms with Crippen LogP contribution in [0.5, 0.6) is 0 Å². The van der Waals surface area contributed by atoms with Crippen LogP contribution in [0.3, 0.4) is 0 Å². The first kappa shape index (κ1) is 15.5. The van der Waals surface area contributed by atoms with Gasteiger partial charge in [-0.05, 0) is 49.7 Å². The van der Waals surface area contributed by atoms with Crippen LogP contribution in [-0.4, -0.2) is 17.3 Å². The SMILES string of the molecule is CCOC(CC)(CC)C(O)c1cccc(C2CCC2)c1. The van der Waals surface area contributed by atoms with E-state index < -0.39 is 11.7 Å². The van der Waals surface area contributed by atoms with Crippen LogP contribution in [0.4, 0.5) is 0 Å². The van der Waals surface area contributed by atoms with Crippen LogP contribution >= 0.6 is 0 Å². The van der Waals surface area contributed by atoms with Gasteiger partial charge >= 0.3 is 0 Å². The third-order valence-corrected chi connectivity index (χ3v) is 4.93. The van der Waals surface area contributed by atoms with Gasteiger partial charge in [-0.3, -0.25) is 0 Å². The Hall–Kier alpha value is -0.860. The first-order valence-electron chi connectivity index (χ1n) is 8.08. The van der Waals surface area contributed by atoms with Crippen molar-refractivity contribution in [3.63, 3.8) is 0 Å². The number of ether oxygens (including phenoxy) is 1. The Morgan fingerprint density at radius 2 is 1.95 bits per heavy atom. The third kappa shape index (κ3) is 2.91. The molecule has 1 aliphatic rings. The van der Waals surface area contributed by atoms with Gasteiger partial charge in [-0.1, -0.05) is 44.5 Å². The molecule has 0 amide bonds. The summed E-state index contributed by atoms with van der Waals surface area (Å²) in [5.41, 5.74) is 1.93. The Morgan fingerprint density at radius 1 is 1.25 bits per heavy atom. The minimum Gasteiger partial charge on any atom is -0.385 e. The van der Waals surface area contributed by atoms with E-state index in [2.05, 4.69) is 32.0 Å². The molecule has 0 saturated heterocycles. The maximum Gasteiger partial charge on any atom is 0.108 e. The van der Waals surface area contributed by atoms with Crippen molar-refractivity contribution in [2.24, 2.45) is 0 Å². The number of aliphatic hydroxyl groups excluding tert-OH is 1. The summed E-state index contributed by atoms with van der Waals surface area (Å²) in [6, 6.07) is 8.49. The molecule has 1 aromatic carbocycles. The molecule has 0 bridgehead atoms. The standard InChI is InChI=1S/C18H28O2/c1-4-18(5-2,20-6-3)17(19)16-12-8-11-15(13-16)14-9-7-10-14/h8,11-14,17,19H,4-7,9-10H2,1-3H3. The smallest absolute Gasteiger partial charge is 0.108 e. The van der Waals surface area contributed by atoms with E-state index in [-0.39, 0.29) is 0 Å². The van der Waals surface area contributed by atoms with Crippen molar-refractivity contribution in [3.05, 3.63) is 35.4 Å². The highest BCUT2D eigenvalue weighted by Crippen LogP contribution is 2.39. The van der Waals surface area contributed by atoms with Gasteiger partial charge in [0.05, 0.1) is 5.60 Å². The highest BCUT2D eigenvalue weighted by molar-refractivity contribution is 5.30. The number of aliphatic hydroxyl groups is 1. The average molecular weight is 276 g/mol. The quantitative estimate of drug-likeness (QED) is 0.789. The molecule has 1 saturated carbocycles. The molecule has 2 rings (SSSR count). The predicted molar refractivity (Wildman–Crippen MR) is 82.9 cm³/mol. The van der Waals surface area contributed by atoms with Gasteiger partial charge in [0, 0.05) is 6.61 Å². The topological polar surface area (TPSA) is 29.5 Å². The fourth-order valence-corrected chi connectivity index (χ4v) is 3.24. The number of hydrogen-bond donors (Lipinski definition) is 1. The summed E-state index contributed by atoms with van der Waals surface area (Å²) in [5.74, 6) is 0.701. The molecule has 112 valence electrons. The van der Waals surface area contributed by atoms with Crippen LogP contribution in [0.15, 0.2) is 24.3 Å². The van der Waals surface area contributed by atoms with Crippen molar-refractivity contribution in [1.29, 1.82) is 0 Å². The minimum atomic E-state index is -0.544. The van der Waals surface area contributed by atoms with Gasteiger partial charge in [-0.25, -0.2) is 0 Å². The molecular formula is C18H28O2. The summed E-state index contributed by atoms with van der Waals surface area (Å²) < 4.78 is 5.93.